The van der Waals surface area contributed by atoms with Gasteiger partial charge < -0.3 is 25.7 Å². The van der Waals surface area contributed by atoms with Gasteiger partial charge in [-0.25, -0.2) is 0 Å². The lowest BCUT2D eigenvalue weighted by Crippen LogP contribution is -2.67. The number of piperidine rings is 1. The number of fused-ring (bicyclic) bond motifs is 1. The highest BCUT2D eigenvalue weighted by molar-refractivity contribution is 5.11. The average Bonchev–Trinajstić information content (AvgIpc) is 2.72. The van der Waals surface area contributed by atoms with Gasteiger partial charge in [-0.1, -0.05) is 20.3 Å². The highest BCUT2D eigenvalue weighted by atomic mass is 16.3. The van der Waals surface area contributed by atoms with Gasteiger partial charge in [0, 0.05) is 24.1 Å². The third kappa shape index (κ3) is 3.71. The van der Waals surface area contributed by atoms with Crippen LogP contribution in [0.4, 0.5) is 0 Å². The third-order valence-electron chi connectivity index (χ3n) is 4.58. The molecule has 0 amide bonds. The Morgan fingerprint density at radius 1 is 1.10 bits per heavy atom. The van der Waals surface area contributed by atoms with Crippen molar-refractivity contribution in [2.75, 3.05) is 6.61 Å². The van der Waals surface area contributed by atoms with Gasteiger partial charge in [-0.05, 0) is 32.6 Å². The SMILES string of the molecule is CCCC1NC2(C)CCC(O)C2C(O)C1O.CCCO. The standard InChI is InChI=1S/C12H23NO3.C3H8O/c1-3-4-7-10(15)11(16)9-8(14)5-6-12(9,2)13-7;1-2-3-4/h7-11,13-16H,3-6H2,1-2H3;4H,2-3H2,1H3. The Labute approximate surface area is 122 Å². The molecular formula is C15H31NO4. The van der Waals surface area contributed by atoms with Crippen molar-refractivity contribution in [3.63, 3.8) is 0 Å². The zero-order chi connectivity index (χ0) is 15.3. The summed E-state index contributed by atoms with van der Waals surface area (Å²) < 4.78 is 0. The molecule has 2 aliphatic rings. The molecule has 0 aromatic rings. The van der Waals surface area contributed by atoms with E-state index in [0.29, 0.717) is 13.0 Å². The van der Waals surface area contributed by atoms with Crippen molar-refractivity contribution in [2.24, 2.45) is 5.92 Å². The van der Waals surface area contributed by atoms with Crippen LogP contribution in [-0.4, -0.2) is 56.9 Å². The van der Waals surface area contributed by atoms with Gasteiger partial charge >= 0.3 is 0 Å². The van der Waals surface area contributed by atoms with Gasteiger partial charge in [-0.3, -0.25) is 0 Å². The first-order valence-corrected chi connectivity index (χ1v) is 7.84. The summed E-state index contributed by atoms with van der Waals surface area (Å²) in [6, 6.07) is -0.0495. The fourth-order valence-electron chi connectivity index (χ4n) is 3.50. The minimum Gasteiger partial charge on any atom is -0.396 e. The van der Waals surface area contributed by atoms with Crippen molar-refractivity contribution in [3.05, 3.63) is 0 Å². The van der Waals surface area contributed by atoms with Crippen LogP contribution >= 0.6 is 0 Å². The molecule has 0 aromatic carbocycles. The summed E-state index contributed by atoms with van der Waals surface area (Å²) in [5.74, 6) is -0.240. The lowest BCUT2D eigenvalue weighted by atomic mass is 9.75. The highest BCUT2D eigenvalue weighted by Crippen LogP contribution is 2.42. The van der Waals surface area contributed by atoms with Crippen LogP contribution in [0.1, 0.15) is 52.9 Å². The third-order valence-corrected chi connectivity index (χ3v) is 4.58. The maximum absolute atomic E-state index is 10.1. The largest absolute Gasteiger partial charge is 0.396 e. The van der Waals surface area contributed by atoms with Crippen molar-refractivity contribution in [3.8, 4) is 0 Å². The molecular weight excluding hydrogens is 258 g/mol. The van der Waals surface area contributed by atoms with E-state index in [1.54, 1.807) is 0 Å². The van der Waals surface area contributed by atoms with Crippen LogP contribution in [0.2, 0.25) is 0 Å². The van der Waals surface area contributed by atoms with Gasteiger partial charge in [-0.15, -0.1) is 0 Å². The van der Waals surface area contributed by atoms with Crippen LogP contribution in [0.25, 0.3) is 0 Å². The van der Waals surface area contributed by atoms with Gasteiger partial charge in [0.15, 0.2) is 0 Å². The monoisotopic (exact) mass is 289 g/mol. The smallest absolute Gasteiger partial charge is 0.0956 e. The Morgan fingerprint density at radius 2 is 1.70 bits per heavy atom. The second kappa shape index (κ2) is 7.71. The second-order valence-electron chi connectivity index (χ2n) is 6.29. The van der Waals surface area contributed by atoms with E-state index >= 15 is 0 Å². The van der Waals surface area contributed by atoms with Gasteiger partial charge in [0.1, 0.15) is 0 Å². The van der Waals surface area contributed by atoms with E-state index in [4.69, 9.17) is 5.11 Å². The van der Waals surface area contributed by atoms with Crippen LogP contribution in [0.5, 0.6) is 0 Å². The predicted molar refractivity (Wildman–Crippen MR) is 78.4 cm³/mol. The molecule has 120 valence electrons. The minimum atomic E-state index is -0.805. The number of hydrogen-bond donors (Lipinski definition) is 5. The number of nitrogens with one attached hydrogen (secondary N) is 1. The Balaban J connectivity index is 0.000000444. The first-order chi connectivity index (χ1) is 9.41. The molecule has 0 spiro atoms. The van der Waals surface area contributed by atoms with Crippen molar-refractivity contribution in [1.82, 2.24) is 5.32 Å². The van der Waals surface area contributed by atoms with Gasteiger partial charge in [-0.2, -0.15) is 0 Å². The van der Waals surface area contributed by atoms with E-state index in [2.05, 4.69) is 12.2 Å². The number of rotatable bonds is 3. The van der Waals surface area contributed by atoms with Crippen molar-refractivity contribution >= 4 is 0 Å². The molecule has 20 heavy (non-hydrogen) atoms. The molecule has 2 rings (SSSR count). The van der Waals surface area contributed by atoms with E-state index in [9.17, 15) is 15.3 Å². The summed E-state index contributed by atoms with van der Waals surface area (Å²) >= 11 is 0. The molecule has 1 saturated heterocycles. The van der Waals surface area contributed by atoms with Gasteiger partial charge in [0.05, 0.1) is 18.3 Å². The lowest BCUT2D eigenvalue weighted by molar-refractivity contribution is -0.114. The molecule has 6 unspecified atom stereocenters. The molecule has 5 heteroatoms. The summed E-state index contributed by atoms with van der Waals surface area (Å²) in [5, 5.41) is 41.3. The molecule has 0 bridgehead atoms. The predicted octanol–water partition coefficient (Wildman–Crippen LogP) is 0.398. The van der Waals surface area contributed by atoms with Crippen molar-refractivity contribution in [1.29, 1.82) is 0 Å². The van der Waals surface area contributed by atoms with E-state index in [1.807, 2.05) is 13.8 Å². The zero-order valence-electron chi connectivity index (χ0n) is 12.9. The quantitative estimate of drug-likeness (QED) is 0.518. The average molecular weight is 289 g/mol. The van der Waals surface area contributed by atoms with Crippen molar-refractivity contribution < 1.29 is 20.4 Å². The van der Waals surface area contributed by atoms with E-state index < -0.39 is 18.3 Å². The van der Waals surface area contributed by atoms with Crippen molar-refractivity contribution in [2.45, 2.75) is 82.8 Å². The zero-order valence-corrected chi connectivity index (χ0v) is 12.9. The molecule has 1 heterocycles. The normalized spacial score (nSPS) is 43.6. The van der Waals surface area contributed by atoms with E-state index in [-0.39, 0.29) is 17.5 Å². The fraction of sp³-hybridized carbons (Fsp3) is 1.00. The molecule has 0 radical (unpaired) electrons. The van der Waals surface area contributed by atoms with Gasteiger partial charge in [0.25, 0.3) is 0 Å². The lowest BCUT2D eigenvalue weighted by Gasteiger charge is -2.48. The van der Waals surface area contributed by atoms with Crippen LogP contribution in [0, 0.1) is 5.92 Å². The molecule has 1 saturated carbocycles. The van der Waals surface area contributed by atoms with Crippen LogP contribution in [0.3, 0.4) is 0 Å². The molecule has 2 fully saturated rings. The number of aliphatic hydroxyl groups excluding tert-OH is 4. The number of aliphatic hydroxyl groups is 4. The maximum atomic E-state index is 10.1. The minimum absolute atomic E-state index is 0.0495. The Bertz CT molecular complexity index is 287. The molecule has 5 N–H and O–H groups in total. The molecule has 1 aliphatic heterocycles. The summed E-state index contributed by atoms with van der Waals surface area (Å²) in [5.41, 5.74) is -0.224. The second-order valence-corrected chi connectivity index (χ2v) is 6.29. The maximum Gasteiger partial charge on any atom is 0.0956 e. The van der Waals surface area contributed by atoms with E-state index in [0.717, 1.165) is 25.7 Å². The Kier molecular flexibility index (Phi) is 6.88. The Morgan fingerprint density at radius 3 is 2.20 bits per heavy atom. The fourth-order valence-corrected chi connectivity index (χ4v) is 3.50. The molecule has 1 aliphatic carbocycles. The summed E-state index contributed by atoms with van der Waals surface area (Å²) in [4.78, 5) is 0. The summed E-state index contributed by atoms with van der Waals surface area (Å²) in [6.45, 7) is 6.37. The first-order valence-electron chi connectivity index (χ1n) is 7.84. The molecule has 0 aromatic heterocycles. The summed E-state index contributed by atoms with van der Waals surface area (Å²) in [7, 11) is 0. The molecule has 5 nitrogen and oxygen atoms in total. The van der Waals surface area contributed by atoms with Gasteiger partial charge in [0.2, 0.25) is 0 Å². The Hall–Kier alpha value is -0.200. The number of hydrogen-bond acceptors (Lipinski definition) is 5. The van der Waals surface area contributed by atoms with Crippen LogP contribution in [-0.2, 0) is 0 Å². The van der Waals surface area contributed by atoms with Crippen LogP contribution < -0.4 is 5.32 Å². The van der Waals surface area contributed by atoms with Crippen LogP contribution in [0.15, 0.2) is 0 Å². The topological polar surface area (TPSA) is 93.0 Å². The molecule has 6 atom stereocenters. The highest BCUT2D eigenvalue weighted by Gasteiger charge is 2.55. The van der Waals surface area contributed by atoms with E-state index in [1.165, 1.54) is 0 Å². The first kappa shape index (κ1) is 17.9. The summed E-state index contributed by atoms with van der Waals surface area (Å²) in [6.07, 6.45) is 2.22.